The van der Waals surface area contributed by atoms with E-state index in [2.05, 4.69) is 5.32 Å². The first kappa shape index (κ1) is 11.8. The average Bonchev–Trinajstić information content (AvgIpc) is 2.43. The Balaban J connectivity index is 2.46. The van der Waals surface area contributed by atoms with Gasteiger partial charge in [0.2, 0.25) is 5.91 Å². The van der Waals surface area contributed by atoms with Gasteiger partial charge in [0.25, 0.3) is 0 Å². The molecule has 0 aromatic heterocycles. The van der Waals surface area contributed by atoms with Crippen molar-refractivity contribution < 1.29 is 9.59 Å². The minimum atomic E-state index is -0.648. The van der Waals surface area contributed by atoms with E-state index in [0.29, 0.717) is 0 Å². The fraction of sp³-hybridized carbons (Fsp3) is 0.800. The molecule has 1 saturated heterocycles. The lowest BCUT2D eigenvalue weighted by atomic mass is 10.2. The number of primary amides is 1. The number of amides is 3. The van der Waals surface area contributed by atoms with Gasteiger partial charge >= 0.3 is 6.03 Å². The maximum Gasteiger partial charge on any atom is 0.312 e. The summed E-state index contributed by atoms with van der Waals surface area (Å²) in [7, 11) is 0. The lowest BCUT2D eigenvalue weighted by Gasteiger charge is -2.24. The second-order valence-corrected chi connectivity index (χ2v) is 3.97. The molecular formula is C10H19N3O2. The van der Waals surface area contributed by atoms with Crippen LogP contribution in [0.25, 0.3) is 0 Å². The molecule has 86 valence electrons. The SMILES string of the molecule is C[C@H](NC(N)=O)C(=O)N1CCCCCC1. The highest BCUT2D eigenvalue weighted by molar-refractivity contribution is 5.86. The van der Waals surface area contributed by atoms with Crippen molar-refractivity contribution in [1.82, 2.24) is 10.2 Å². The molecule has 3 amide bonds. The molecule has 1 aliphatic rings. The van der Waals surface area contributed by atoms with Crippen LogP contribution in [-0.2, 0) is 4.79 Å². The van der Waals surface area contributed by atoms with Gasteiger partial charge in [0.15, 0.2) is 0 Å². The van der Waals surface area contributed by atoms with Crippen LogP contribution in [-0.4, -0.2) is 36.0 Å². The molecule has 1 fully saturated rings. The van der Waals surface area contributed by atoms with Crippen LogP contribution >= 0.6 is 0 Å². The third kappa shape index (κ3) is 3.77. The summed E-state index contributed by atoms with van der Waals surface area (Å²) in [5, 5.41) is 2.41. The molecule has 0 saturated carbocycles. The molecule has 0 aliphatic carbocycles. The van der Waals surface area contributed by atoms with Crippen LogP contribution in [0.5, 0.6) is 0 Å². The first-order chi connectivity index (χ1) is 7.11. The van der Waals surface area contributed by atoms with Crippen LogP contribution < -0.4 is 11.1 Å². The maximum atomic E-state index is 11.8. The number of carbonyl (C=O) groups excluding carboxylic acids is 2. The van der Waals surface area contributed by atoms with Crippen molar-refractivity contribution in [2.45, 2.75) is 38.6 Å². The number of nitrogens with zero attached hydrogens (tertiary/aromatic N) is 1. The van der Waals surface area contributed by atoms with Crippen molar-refractivity contribution in [2.24, 2.45) is 5.73 Å². The Bertz CT molecular complexity index is 235. The van der Waals surface area contributed by atoms with E-state index in [1.54, 1.807) is 6.92 Å². The Morgan fingerprint density at radius 2 is 1.73 bits per heavy atom. The van der Waals surface area contributed by atoms with Crippen molar-refractivity contribution in [3.8, 4) is 0 Å². The van der Waals surface area contributed by atoms with E-state index >= 15 is 0 Å². The molecule has 3 N–H and O–H groups in total. The van der Waals surface area contributed by atoms with Crippen LogP contribution in [0.4, 0.5) is 4.79 Å². The van der Waals surface area contributed by atoms with E-state index in [-0.39, 0.29) is 5.91 Å². The van der Waals surface area contributed by atoms with Gasteiger partial charge in [-0.2, -0.15) is 0 Å². The molecule has 1 atom stereocenters. The molecule has 0 bridgehead atoms. The minimum absolute atomic E-state index is 0.0318. The largest absolute Gasteiger partial charge is 0.352 e. The Hall–Kier alpha value is -1.26. The van der Waals surface area contributed by atoms with E-state index in [9.17, 15) is 9.59 Å². The molecule has 0 spiro atoms. The Morgan fingerprint density at radius 1 is 1.20 bits per heavy atom. The van der Waals surface area contributed by atoms with Gasteiger partial charge in [-0.15, -0.1) is 0 Å². The maximum absolute atomic E-state index is 11.8. The van der Waals surface area contributed by atoms with Gasteiger partial charge in [-0.25, -0.2) is 4.79 Å². The number of hydrogen-bond donors (Lipinski definition) is 2. The highest BCUT2D eigenvalue weighted by Gasteiger charge is 2.21. The number of likely N-dealkylation sites (tertiary alicyclic amines) is 1. The van der Waals surface area contributed by atoms with Gasteiger partial charge in [-0.3, -0.25) is 4.79 Å². The van der Waals surface area contributed by atoms with Gasteiger partial charge in [-0.1, -0.05) is 12.8 Å². The number of nitrogens with two attached hydrogens (primary N) is 1. The van der Waals surface area contributed by atoms with Crippen molar-refractivity contribution in [1.29, 1.82) is 0 Å². The fourth-order valence-electron chi connectivity index (χ4n) is 1.84. The first-order valence-electron chi connectivity index (χ1n) is 5.46. The number of hydrogen-bond acceptors (Lipinski definition) is 2. The summed E-state index contributed by atoms with van der Waals surface area (Å²) in [5.74, 6) is -0.0318. The van der Waals surface area contributed by atoms with Gasteiger partial charge in [0.1, 0.15) is 6.04 Å². The summed E-state index contributed by atoms with van der Waals surface area (Å²) in [6.45, 7) is 3.26. The summed E-state index contributed by atoms with van der Waals surface area (Å²) in [4.78, 5) is 24.3. The zero-order chi connectivity index (χ0) is 11.3. The van der Waals surface area contributed by atoms with Crippen LogP contribution in [0.2, 0.25) is 0 Å². The van der Waals surface area contributed by atoms with E-state index in [0.717, 1.165) is 25.9 Å². The lowest BCUT2D eigenvalue weighted by molar-refractivity contribution is -0.132. The Labute approximate surface area is 90.0 Å². The standard InChI is InChI=1S/C10H19N3O2/c1-8(12-10(11)15)9(14)13-6-4-2-3-5-7-13/h8H,2-7H2,1H3,(H3,11,12,15)/t8-/m0/s1. The molecule has 0 unspecified atom stereocenters. The Morgan fingerprint density at radius 3 is 2.20 bits per heavy atom. The van der Waals surface area contributed by atoms with E-state index in [1.807, 2.05) is 4.90 Å². The Kier molecular flexibility index (Phi) is 4.39. The minimum Gasteiger partial charge on any atom is -0.352 e. The predicted octanol–water partition coefficient (Wildman–Crippen LogP) is 0.446. The van der Waals surface area contributed by atoms with Gasteiger partial charge < -0.3 is 16.0 Å². The highest BCUT2D eigenvalue weighted by Crippen LogP contribution is 2.10. The van der Waals surface area contributed by atoms with Crippen molar-refractivity contribution >= 4 is 11.9 Å². The molecule has 15 heavy (non-hydrogen) atoms. The number of rotatable bonds is 2. The lowest BCUT2D eigenvalue weighted by Crippen LogP contribution is -2.48. The molecule has 5 nitrogen and oxygen atoms in total. The van der Waals surface area contributed by atoms with Crippen LogP contribution in [0, 0.1) is 0 Å². The molecule has 1 heterocycles. The second-order valence-electron chi connectivity index (χ2n) is 3.97. The summed E-state index contributed by atoms with van der Waals surface area (Å²) in [5.41, 5.74) is 4.97. The second kappa shape index (κ2) is 5.58. The molecule has 0 aromatic rings. The van der Waals surface area contributed by atoms with Crippen molar-refractivity contribution in [3.63, 3.8) is 0 Å². The monoisotopic (exact) mass is 213 g/mol. The summed E-state index contributed by atoms with van der Waals surface area (Å²) in [6, 6.07) is -1.16. The van der Waals surface area contributed by atoms with Gasteiger partial charge in [0.05, 0.1) is 0 Å². The molecule has 5 heteroatoms. The summed E-state index contributed by atoms with van der Waals surface area (Å²) >= 11 is 0. The smallest absolute Gasteiger partial charge is 0.312 e. The van der Waals surface area contributed by atoms with Crippen LogP contribution in [0.3, 0.4) is 0 Å². The van der Waals surface area contributed by atoms with Crippen molar-refractivity contribution in [3.05, 3.63) is 0 Å². The topological polar surface area (TPSA) is 75.4 Å². The normalized spacial score (nSPS) is 19.1. The average molecular weight is 213 g/mol. The van der Waals surface area contributed by atoms with E-state index < -0.39 is 12.1 Å². The zero-order valence-electron chi connectivity index (χ0n) is 9.16. The third-order valence-electron chi connectivity index (χ3n) is 2.65. The number of urea groups is 1. The molecule has 0 aromatic carbocycles. The predicted molar refractivity (Wildman–Crippen MR) is 57.2 cm³/mol. The molecule has 1 rings (SSSR count). The van der Waals surface area contributed by atoms with E-state index in [1.165, 1.54) is 12.8 Å². The van der Waals surface area contributed by atoms with E-state index in [4.69, 9.17) is 5.73 Å². The summed E-state index contributed by atoms with van der Waals surface area (Å²) < 4.78 is 0. The molecular weight excluding hydrogens is 194 g/mol. The number of nitrogens with one attached hydrogen (secondary N) is 1. The number of carbonyl (C=O) groups is 2. The van der Waals surface area contributed by atoms with Crippen LogP contribution in [0.15, 0.2) is 0 Å². The zero-order valence-corrected chi connectivity index (χ0v) is 9.16. The molecule has 0 radical (unpaired) electrons. The van der Waals surface area contributed by atoms with Gasteiger partial charge in [-0.05, 0) is 19.8 Å². The van der Waals surface area contributed by atoms with Gasteiger partial charge in [0, 0.05) is 13.1 Å². The highest BCUT2D eigenvalue weighted by atomic mass is 16.2. The van der Waals surface area contributed by atoms with Crippen LogP contribution in [0.1, 0.15) is 32.6 Å². The first-order valence-corrected chi connectivity index (χ1v) is 5.46. The van der Waals surface area contributed by atoms with Crippen molar-refractivity contribution in [2.75, 3.05) is 13.1 Å². The fourth-order valence-corrected chi connectivity index (χ4v) is 1.84. The molecule has 1 aliphatic heterocycles. The quantitative estimate of drug-likeness (QED) is 0.698. The third-order valence-corrected chi connectivity index (χ3v) is 2.65. The summed E-state index contributed by atoms with van der Waals surface area (Å²) in [6.07, 6.45) is 4.47.